The summed E-state index contributed by atoms with van der Waals surface area (Å²) in [6.45, 7) is 6.93. The van der Waals surface area contributed by atoms with Crippen LogP contribution in [0.15, 0.2) is 5.38 Å². The van der Waals surface area contributed by atoms with Gasteiger partial charge in [-0.15, -0.1) is 11.3 Å². The lowest BCUT2D eigenvalue weighted by molar-refractivity contribution is 0.0937. The lowest BCUT2D eigenvalue weighted by Gasteiger charge is -2.22. The molecule has 19 heavy (non-hydrogen) atoms. The zero-order valence-corrected chi connectivity index (χ0v) is 12.4. The van der Waals surface area contributed by atoms with Crippen molar-refractivity contribution < 1.29 is 4.79 Å². The summed E-state index contributed by atoms with van der Waals surface area (Å²) >= 11 is 1.44. The average Bonchev–Trinajstić information content (AvgIpc) is 3.04. The van der Waals surface area contributed by atoms with Gasteiger partial charge >= 0.3 is 0 Å². The van der Waals surface area contributed by atoms with E-state index in [1.165, 1.54) is 17.8 Å². The first-order valence-corrected chi connectivity index (χ1v) is 7.73. The Morgan fingerprint density at radius 3 is 3.16 bits per heavy atom. The summed E-state index contributed by atoms with van der Waals surface area (Å²) in [5.41, 5.74) is 6.23. The van der Waals surface area contributed by atoms with Crippen molar-refractivity contribution in [1.29, 1.82) is 0 Å². The summed E-state index contributed by atoms with van der Waals surface area (Å²) in [6.07, 6.45) is 2.39. The highest BCUT2D eigenvalue weighted by atomic mass is 32.1. The first-order valence-electron chi connectivity index (χ1n) is 6.85. The largest absolute Gasteiger partial charge is 0.349 e. The molecule has 0 radical (unpaired) electrons. The van der Waals surface area contributed by atoms with Crippen LogP contribution < -0.4 is 11.1 Å². The lowest BCUT2D eigenvalue weighted by Crippen LogP contribution is -2.40. The van der Waals surface area contributed by atoms with Gasteiger partial charge in [-0.1, -0.05) is 6.92 Å². The normalized spacial score (nSPS) is 21.5. The van der Waals surface area contributed by atoms with Gasteiger partial charge < -0.3 is 11.1 Å². The van der Waals surface area contributed by atoms with Gasteiger partial charge in [-0.25, -0.2) is 4.98 Å². The molecule has 1 aliphatic heterocycles. The maximum Gasteiger partial charge on any atom is 0.270 e. The number of amides is 1. The van der Waals surface area contributed by atoms with E-state index >= 15 is 0 Å². The van der Waals surface area contributed by atoms with Gasteiger partial charge in [0.1, 0.15) is 10.7 Å². The van der Waals surface area contributed by atoms with Crippen molar-refractivity contribution in [2.24, 2.45) is 5.73 Å². The molecule has 1 aliphatic rings. The molecule has 2 rings (SSSR count). The van der Waals surface area contributed by atoms with Gasteiger partial charge in [0.2, 0.25) is 0 Å². The Balaban J connectivity index is 1.86. The van der Waals surface area contributed by atoms with Gasteiger partial charge in [0, 0.05) is 18.0 Å². The zero-order chi connectivity index (χ0) is 13.8. The second kappa shape index (κ2) is 6.45. The number of carbonyl (C=O) groups is 1. The second-order valence-electron chi connectivity index (χ2n) is 4.99. The van der Waals surface area contributed by atoms with E-state index in [1.54, 1.807) is 5.38 Å². The molecule has 0 aliphatic carbocycles. The van der Waals surface area contributed by atoms with Gasteiger partial charge in [-0.05, 0) is 32.9 Å². The molecule has 5 nitrogen and oxygen atoms in total. The Labute approximate surface area is 118 Å². The number of nitrogens with two attached hydrogens (primary N) is 1. The molecule has 0 spiro atoms. The van der Waals surface area contributed by atoms with Crippen molar-refractivity contribution in [1.82, 2.24) is 15.2 Å². The van der Waals surface area contributed by atoms with E-state index < -0.39 is 0 Å². The van der Waals surface area contributed by atoms with E-state index in [0.717, 1.165) is 24.5 Å². The summed E-state index contributed by atoms with van der Waals surface area (Å²) in [5, 5.41) is 5.56. The third kappa shape index (κ3) is 3.52. The fraction of sp³-hybridized carbons (Fsp3) is 0.692. The van der Waals surface area contributed by atoms with Gasteiger partial charge in [0.15, 0.2) is 0 Å². The van der Waals surface area contributed by atoms with E-state index in [1.807, 2.05) is 6.92 Å². The molecule has 1 fully saturated rings. The van der Waals surface area contributed by atoms with E-state index in [4.69, 9.17) is 5.73 Å². The molecule has 2 heterocycles. The molecule has 106 valence electrons. The number of carbonyl (C=O) groups excluding carboxylic acids is 1. The molecule has 1 saturated heterocycles. The maximum atomic E-state index is 12.0. The van der Waals surface area contributed by atoms with Crippen LogP contribution in [0.1, 0.15) is 48.2 Å². The summed E-state index contributed by atoms with van der Waals surface area (Å²) in [6, 6.07) is 0.359. The highest BCUT2D eigenvalue weighted by molar-refractivity contribution is 7.09. The van der Waals surface area contributed by atoms with Crippen LogP contribution in [-0.2, 0) is 0 Å². The third-order valence-electron chi connectivity index (χ3n) is 3.55. The molecule has 6 heteroatoms. The fourth-order valence-corrected chi connectivity index (χ4v) is 3.20. The van der Waals surface area contributed by atoms with Gasteiger partial charge in [-0.2, -0.15) is 0 Å². The number of thiazole rings is 1. The van der Waals surface area contributed by atoms with Crippen LogP contribution in [0.4, 0.5) is 0 Å². The molecule has 1 amide bonds. The van der Waals surface area contributed by atoms with Crippen molar-refractivity contribution in [2.45, 2.75) is 38.8 Å². The first kappa shape index (κ1) is 14.4. The third-order valence-corrected chi connectivity index (χ3v) is 4.59. The summed E-state index contributed by atoms with van der Waals surface area (Å²) in [5.74, 6) is -0.0916. The molecule has 0 bridgehead atoms. The predicted molar refractivity (Wildman–Crippen MR) is 77.3 cm³/mol. The van der Waals surface area contributed by atoms with Crippen LogP contribution in [0.3, 0.4) is 0 Å². The number of likely N-dealkylation sites (tertiary alicyclic amines) is 1. The Hall–Kier alpha value is -0.980. The molecule has 0 aromatic carbocycles. The number of nitrogens with one attached hydrogen (secondary N) is 1. The van der Waals surface area contributed by atoms with E-state index in [9.17, 15) is 4.79 Å². The average molecular weight is 282 g/mol. The molecular weight excluding hydrogens is 260 g/mol. The van der Waals surface area contributed by atoms with Crippen LogP contribution in [0.5, 0.6) is 0 Å². The van der Waals surface area contributed by atoms with E-state index in [2.05, 4.69) is 22.1 Å². The van der Waals surface area contributed by atoms with Crippen molar-refractivity contribution >= 4 is 17.2 Å². The van der Waals surface area contributed by atoms with Crippen molar-refractivity contribution in [3.05, 3.63) is 16.1 Å². The standard InChI is InChI=1S/C13H22N4OS/c1-3-17-6-4-5-10(17)7-15-12(18)11-8-19-13(16-11)9(2)14/h8-10H,3-7,14H2,1-2H3,(H,15,18). The van der Waals surface area contributed by atoms with Crippen molar-refractivity contribution in [3.8, 4) is 0 Å². The van der Waals surface area contributed by atoms with Crippen LogP contribution in [0.2, 0.25) is 0 Å². The Morgan fingerprint density at radius 1 is 1.74 bits per heavy atom. The number of rotatable bonds is 5. The van der Waals surface area contributed by atoms with E-state index in [-0.39, 0.29) is 11.9 Å². The minimum Gasteiger partial charge on any atom is -0.349 e. The van der Waals surface area contributed by atoms with Crippen LogP contribution >= 0.6 is 11.3 Å². The number of aromatic nitrogens is 1. The summed E-state index contributed by atoms with van der Waals surface area (Å²) in [7, 11) is 0. The smallest absolute Gasteiger partial charge is 0.270 e. The van der Waals surface area contributed by atoms with Crippen LogP contribution in [-0.4, -0.2) is 41.5 Å². The topological polar surface area (TPSA) is 71.2 Å². The predicted octanol–water partition coefficient (Wildman–Crippen LogP) is 1.38. The molecular formula is C13H22N4OS. The minimum atomic E-state index is -0.114. The maximum absolute atomic E-state index is 12.0. The second-order valence-corrected chi connectivity index (χ2v) is 5.88. The number of nitrogens with zero attached hydrogens (tertiary/aromatic N) is 2. The zero-order valence-electron chi connectivity index (χ0n) is 11.6. The lowest BCUT2D eigenvalue weighted by atomic mass is 10.2. The molecule has 3 N–H and O–H groups in total. The van der Waals surface area contributed by atoms with Crippen LogP contribution in [0, 0.1) is 0 Å². The number of likely N-dealkylation sites (N-methyl/N-ethyl adjacent to an activating group) is 1. The molecule has 2 atom stereocenters. The highest BCUT2D eigenvalue weighted by Gasteiger charge is 2.23. The molecule has 0 saturated carbocycles. The van der Waals surface area contributed by atoms with Gasteiger partial charge in [0.05, 0.1) is 6.04 Å². The van der Waals surface area contributed by atoms with Crippen molar-refractivity contribution in [2.75, 3.05) is 19.6 Å². The van der Waals surface area contributed by atoms with Crippen molar-refractivity contribution in [3.63, 3.8) is 0 Å². The Bertz CT molecular complexity index is 432. The van der Waals surface area contributed by atoms with Gasteiger partial charge in [0.25, 0.3) is 5.91 Å². The summed E-state index contributed by atoms with van der Waals surface area (Å²) < 4.78 is 0. The van der Waals surface area contributed by atoms with Gasteiger partial charge in [-0.3, -0.25) is 9.69 Å². The minimum absolute atomic E-state index is 0.0916. The molecule has 1 aromatic rings. The first-order chi connectivity index (χ1) is 9.11. The van der Waals surface area contributed by atoms with E-state index in [0.29, 0.717) is 18.3 Å². The summed E-state index contributed by atoms with van der Waals surface area (Å²) in [4.78, 5) is 18.7. The quantitative estimate of drug-likeness (QED) is 0.856. The number of hydrogen-bond donors (Lipinski definition) is 2. The number of hydrogen-bond acceptors (Lipinski definition) is 5. The monoisotopic (exact) mass is 282 g/mol. The highest BCUT2D eigenvalue weighted by Crippen LogP contribution is 2.17. The van der Waals surface area contributed by atoms with Crippen LogP contribution in [0.25, 0.3) is 0 Å². The molecule has 1 aromatic heterocycles. The SMILES string of the molecule is CCN1CCCC1CNC(=O)c1csc(C(C)N)n1. The Morgan fingerprint density at radius 2 is 2.53 bits per heavy atom. The fourth-order valence-electron chi connectivity index (χ4n) is 2.44. The molecule has 2 unspecified atom stereocenters. The Kier molecular flexibility index (Phi) is 4.90.